The molecule has 1 aromatic rings. The van der Waals surface area contributed by atoms with Crippen LogP contribution in [0.25, 0.3) is 0 Å². The molecule has 0 aromatic heterocycles. The third kappa shape index (κ3) is 3.82. The zero-order valence-electron chi connectivity index (χ0n) is 12.1. The van der Waals surface area contributed by atoms with Gasteiger partial charge in [-0.15, -0.1) is 0 Å². The molecule has 0 bridgehead atoms. The van der Waals surface area contributed by atoms with Crippen LogP contribution in [0.1, 0.15) is 61.4 Å². The molecule has 1 fully saturated rings. The maximum Gasteiger partial charge on any atom is 0.251 e. The molecule has 0 heterocycles. The molecular formula is C17H25NO. The summed E-state index contributed by atoms with van der Waals surface area (Å²) in [6.45, 7) is 4.27. The van der Waals surface area contributed by atoms with E-state index in [-0.39, 0.29) is 5.91 Å². The molecule has 1 aliphatic carbocycles. The second-order valence-corrected chi connectivity index (χ2v) is 5.78. The molecule has 1 aromatic carbocycles. The SMILES string of the molecule is CCCCC1CCCC1NC(=O)c1ccc(C)cc1. The Kier molecular flexibility index (Phi) is 5.00. The fourth-order valence-corrected chi connectivity index (χ4v) is 3.00. The molecular weight excluding hydrogens is 234 g/mol. The molecule has 0 spiro atoms. The molecule has 0 aliphatic heterocycles. The first-order valence-corrected chi connectivity index (χ1v) is 7.58. The highest BCUT2D eigenvalue weighted by molar-refractivity contribution is 5.94. The summed E-state index contributed by atoms with van der Waals surface area (Å²) in [5.41, 5.74) is 1.98. The van der Waals surface area contributed by atoms with Crippen molar-refractivity contribution < 1.29 is 4.79 Å². The lowest BCUT2D eigenvalue weighted by atomic mass is 9.96. The van der Waals surface area contributed by atoms with Gasteiger partial charge in [0.1, 0.15) is 0 Å². The van der Waals surface area contributed by atoms with E-state index >= 15 is 0 Å². The Labute approximate surface area is 116 Å². The number of hydrogen-bond donors (Lipinski definition) is 1. The van der Waals surface area contributed by atoms with E-state index in [1.54, 1.807) is 0 Å². The Morgan fingerprint density at radius 1 is 1.26 bits per heavy atom. The van der Waals surface area contributed by atoms with Crippen molar-refractivity contribution in [3.05, 3.63) is 35.4 Å². The van der Waals surface area contributed by atoms with Gasteiger partial charge in [-0.1, -0.05) is 43.9 Å². The van der Waals surface area contributed by atoms with E-state index in [0.29, 0.717) is 12.0 Å². The summed E-state index contributed by atoms with van der Waals surface area (Å²) < 4.78 is 0. The fourth-order valence-electron chi connectivity index (χ4n) is 3.00. The largest absolute Gasteiger partial charge is 0.349 e. The lowest BCUT2D eigenvalue weighted by molar-refractivity contribution is 0.0926. The van der Waals surface area contributed by atoms with Crippen LogP contribution in [0.2, 0.25) is 0 Å². The van der Waals surface area contributed by atoms with E-state index in [9.17, 15) is 4.79 Å². The van der Waals surface area contributed by atoms with Gasteiger partial charge in [-0.2, -0.15) is 0 Å². The summed E-state index contributed by atoms with van der Waals surface area (Å²) in [6, 6.07) is 8.22. The zero-order chi connectivity index (χ0) is 13.7. The number of aryl methyl sites for hydroxylation is 1. The van der Waals surface area contributed by atoms with Gasteiger partial charge in [0.25, 0.3) is 5.91 Å². The standard InChI is InChI=1S/C17H25NO/c1-3-4-6-14-7-5-8-16(14)18-17(19)15-11-9-13(2)10-12-15/h9-12,14,16H,3-8H2,1-2H3,(H,18,19). The average Bonchev–Trinajstić information content (AvgIpc) is 2.84. The number of carbonyl (C=O) groups is 1. The number of carbonyl (C=O) groups excluding carboxylic acids is 1. The van der Waals surface area contributed by atoms with Crippen LogP contribution in [0.4, 0.5) is 0 Å². The summed E-state index contributed by atoms with van der Waals surface area (Å²) in [4.78, 5) is 12.2. The fraction of sp³-hybridized carbons (Fsp3) is 0.588. The summed E-state index contributed by atoms with van der Waals surface area (Å²) in [7, 11) is 0. The third-order valence-electron chi connectivity index (χ3n) is 4.22. The van der Waals surface area contributed by atoms with Crippen LogP contribution in [0.3, 0.4) is 0 Å². The molecule has 2 unspecified atom stereocenters. The van der Waals surface area contributed by atoms with Gasteiger partial charge in [-0.3, -0.25) is 4.79 Å². The van der Waals surface area contributed by atoms with Crippen molar-refractivity contribution in [3.63, 3.8) is 0 Å². The van der Waals surface area contributed by atoms with Gasteiger partial charge in [-0.25, -0.2) is 0 Å². The predicted octanol–water partition coefficient (Wildman–Crippen LogP) is 4.08. The van der Waals surface area contributed by atoms with Crippen molar-refractivity contribution in [1.82, 2.24) is 5.32 Å². The molecule has 19 heavy (non-hydrogen) atoms. The van der Waals surface area contributed by atoms with Crippen molar-refractivity contribution in [2.24, 2.45) is 5.92 Å². The highest BCUT2D eigenvalue weighted by Crippen LogP contribution is 2.30. The van der Waals surface area contributed by atoms with Crippen LogP contribution in [0.15, 0.2) is 24.3 Å². The number of benzene rings is 1. The molecule has 0 radical (unpaired) electrons. The third-order valence-corrected chi connectivity index (χ3v) is 4.22. The first-order valence-electron chi connectivity index (χ1n) is 7.58. The first kappa shape index (κ1) is 14.1. The first-order chi connectivity index (χ1) is 9.20. The van der Waals surface area contributed by atoms with E-state index < -0.39 is 0 Å². The summed E-state index contributed by atoms with van der Waals surface area (Å²) >= 11 is 0. The second kappa shape index (κ2) is 6.74. The van der Waals surface area contributed by atoms with Gasteiger partial charge in [-0.05, 0) is 44.2 Å². The maximum atomic E-state index is 12.2. The van der Waals surface area contributed by atoms with Gasteiger partial charge >= 0.3 is 0 Å². The van der Waals surface area contributed by atoms with Crippen LogP contribution >= 0.6 is 0 Å². The van der Waals surface area contributed by atoms with Crippen molar-refractivity contribution in [2.75, 3.05) is 0 Å². The lowest BCUT2D eigenvalue weighted by Crippen LogP contribution is -2.37. The van der Waals surface area contributed by atoms with Gasteiger partial charge in [0.15, 0.2) is 0 Å². The lowest BCUT2D eigenvalue weighted by Gasteiger charge is -2.21. The van der Waals surface area contributed by atoms with Crippen LogP contribution in [0, 0.1) is 12.8 Å². The molecule has 1 amide bonds. The molecule has 1 aliphatic rings. The normalized spacial score (nSPS) is 22.4. The van der Waals surface area contributed by atoms with E-state index in [0.717, 1.165) is 12.0 Å². The topological polar surface area (TPSA) is 29.1 Å². The van der Waals surface area contributed by atoms with Crippen molar-refractivity contribution in [3.8, 4) is 0 Å². The Morgan fingerprint density at radius 3 is 2.68 bits per heavy atom. The van der Waals surface area contributed by atoms with E-state index in [4.69, 9.17) is 0 Å². The van der Waals surface area contributed by atoms with Crippen LogP contribution in [-0.2, 0) is 0 Å². The number of nitrogens with one attached hydrogen (secondary N) is 1. The number of unbranched alkanes of at least 4 members (excludes halogenated alkanes) is 1. The van der Waals surface area contributed by atoms with Crippen LogP contribution in [0.5, 0.6) is 0 Å². The monoisotopic (exact) mass is 259 g/mol. The summed E-state index contributed by atoms with van der Waals surface area (Å²) in [6.07, 6.45) is 7.46. The molecule has 2 heteroatoms. The maximum absolute atomic E-state index is 12.2. The minimum atomic E-state index is 0.0911. The van der Waals surface area contributed by atoms with Gasteiger partial charge < -0.3 is 5.32 Å². The smallest absolute Gasteiger partial charge is 0.251 e. The van der Waals surface area contributed by atoms with Crippen LogP contribution in [-0.4, -0.2) is 11.9 Å². The molecule has 1 N–H and O–H groups in total. The van der Waals surface area contributed by atoms with E-state index in [2.05, 4.69) is 12.2 Å². The molecule has 2 nitrogen and oxygen atoms in total. The van der Waals surface area contributed by atoms with E-state index in [1.165, 1.54) is 37.7 Å². The molecule has 0 saturated heterocycles. The highest BCUT2D eigenvalue weighted by Gasteiger charge is 2.28. The predicted molar refractivity (Wildman–Crippen MR) is 79.3 cm³/mol. The molecule has 104 valence electrons. The van der Waals surface area contributed by atoms with Gasteiger partial charge in [0.2, 0.25) is 0 Å². The van der Waals surface area contributed by atoms with Gasteiger partial charge in [0, 0.05) is 11.6 Å². The average molecular weight is 259 g/mol. The van der Waals surface area contributed by atoms with E-state index in [1.807, 2.05) is 31.2 Å². The molecule has 2 rings (SSSR count). The summed E-state index contributed by atoms with van der Waals surface area (Å²) in [5.74, 6) is 0.780. The molecule has 2 atom stereocenters. The Bertz CT molecular complexity index is 410. The minimum absolute atomic E-state index is 0.0911. The summed E-state index contributed by atoms with van der Waals surface area (Å²) in [5, 5.41) is 3.23. The quantitative estimate of drug-likeness (QED) is 0.848. The van der Waals surface area contributed by atoms with Crippen molar-refractivity contribution in [1.29, 1.82) is 0 Å². The second-order valence-electron chi connectivity index (χ2n) is 5.78. The Morgan fingerprint density at radius 2 is 2.00 bits per heavy atom. The number of rotatable bonds is 5. The van der Waals surface area contributed by atoms with Crippen LogP contribution < -0.4 is 5.32 Å². The van der Waals surface area contributed by atoms with Crippen molar-refractivity contribution in [2.45, 2.75) is 58.4 Å². The number of amides is 1. The van der Waals surface area contributed by atoms with Crippen molar-refractivity contribution >= 4 is 5.91 Å². The Hall–Kier alpha value is -1.31. The molecule has 1 saturated carbocycles. The van der Waals surface area contributed by atoms with Gasteiger partial charge in [0.05, 0.1) is 0 Å². The zero-order valence-corrected chi connectivity index (χ0v) is 12.1. The Balaban J connectivity index is 1.92. The highest BCUT2D eigenvalue weighted by atomic mass is 16.1. The minimum Gasteiger partial charge on any atom is -0.349 e. The number of hydrogen-bond acceptors (Lipinski definition) is 1.